The van der Waals surface area contributed by atoms with Crippen LogP contribution in [0.5, 0.6) is 0 Å². The molecule has 0 saturated carbocycles. The first kappa shape index (κ1) is 49.8. The van der Waals surface area contributed by atoms with Gasteiger partial charge in [-0.3, -0.25) is 8.80 Å². The lowest BCUT2D eigenvalue weighted by atomic mass is 9.29. The fourth-order valence-electron chi connectivity index (χ4n) is 18.2. The maximum atomic E-state index is 5.34. The lowest BCUT2D eigenvalue weighted by molar-refractivity contribution is 0.331. The molecule has 91 heavy (non-hydrogen) atoms. The van der Waals surface area contributed by atoms with Crippen molar-refractivity contribution in [1.29, 1.82) is 0 Å². The van der Waals surface area contributed by atoms with Crippen LogP contribution >= 0.6 is 23.1 Å². The van der Waals surface area contributed by atoms with E-state index in [1.54, 1.807) is 0 Å². The number of fused-ring (bicyclic) bond motifs is 27. The van der Waals surface area contributed by atoms with E-state index in [1.165, 1.54) is 129 Å². The predicted molar refractivity (Wildman–Crippen MR) is 381 cm³/mol. The van der Waals surface area contributed by atoms with Crippen molar-refractivity contribution in [2.75, 3.05) is 9.80 Å². The fraction of sp³-hybridized carbons (Fsp3) is 0.114. The van der Waals surface area contributed by atoms with Crippen LogP contribution in [-0.2, 0) is 10.8 Å². The number of aromatic nitrogens is 6. The largest absolute Gasteiger partial charge is 0.311 e. The smallest absolute Gasteiger partial charge is 0.262 e. The topological polar surface area (TPSA) is 66.9 Å². The summed E-state index contributed by atoms with van der Waals surface area (Å²) in [6.07, 6.45) is 10.1. The van der Waals surface area contributed by atoms with Gasteiger partial charge >= 0.3 is 0 Å². The standard InChI is InChI=1S/C79H52B2N8S2/c1-78(2)33-34-79(3,4)52-39-42(31-32-51(52)78)59-45-23-11-13-29-53(45)80-54-40-55-57(41-56(54)86(43-19-7-5-8-20-43)69-61-48-26-16-36-83-75(48)88-67(61)60(64(59)65(69)80)47-25-15-35-82-74(47)88)87(44-21-9-6-10-22-44)70-62-49-27-17-37-84-76(49)89-68(62)63(50-28-18-38-85-77(50)89)72-66(70)81(55)73-71(91-72)46-24-12-14-30-58(46)90-73/h5-32,35-41,59H,33-34H2,1-4H3. The second-order valence-electron chi connectivity index (χ2n) is 27.3. The molecule has 0 spiro atoms. The number of para-hydroxylation sites is 2. The van der Waals surface area contributed by atoms with Gasteiger partial charge in [-0.05, 0) is 163 Å². The summed E-state index contributed by atoms with van der Waals surface area (Å²) in [5.74, 6) is -0.113. The predicted octanol–water partition coefficient (Wildman–Crippen LogP) is 15.7. The summed E-state index contributed by atoms with van der Waals surface area (Å²) >= 11 is 3.94. The van der Waals surface area contributed by atoms with Crippen LogP contribution in [0.15, 0.2) is 223 Å². The number of nitrogens with zero attached hydrogens (tertiary/aromatic N) is 8. The summed E-state index contributed by atoms with van der Waals surface area (Å²) < 4.78 is 7.47. The van der Waals surface area contributed by atoms with Gasteiger partial charge in [-0.15, -0.1) is 11.3 Å². The van der Waals surface area contributed by atoms with E-state index in [0.29, 0.717) is 0 Å². The van der Waals surface area contributed by atoms with Gasteiger partial charge in [0.05, 0.1) is 22.4 Å². The second-order valence-corrected chi connectivity index (χ2v) is 29.4. The van der Waals surface area contributed by atoms with Crippen LogP contribution in [0, 0.1) is 0 Å². The third-order valence-corrected chi connectivity index (χ3v) is 24.6. The van der Waals surface area contributed by atoms with Gasteiger partial charge < -0.3 is 9.80 Å². The molecule has 13 heterocycles. The van der Waals surface area contributed by atoms with Crippen molar-refractivity contribution in [3.05, 3.63) is 241 Å². The summed E-state index contributed by atoms with van der Waals surface area (Å²) in [4.78, 5) is 29.1. The van der Waals surface area contributed by atoms with Crippen molar-refractivity contribution < 1.29 is 0 Å². The van der Waals surface area contributed by atoms with Gasteiger partial charge in [-0.2, -0.15) is 0 Å². The first-order valence-corrected chi connectivity index (χ1v) is 33.6. The Bertz CT molecular complexity index is 6130. The highest BCUT2D eigenvalue weighted by molar-refractivity contribution is 8.00. The molecule has 8 nitrogen and oxygen atoms in total. The van der Waals surface area contributed by atoms with Gasteiger partial charge in [0.15, 0.2) is 0 Å². The lowest BCUT2D eigenvalue weighted by Crippen LogP contribution is -2.65. The minimum atomic E-state index is -0.171. The van der Waals surface area contributed by atoms with E-state index in [0.717, 1.165) is 74.0 Å². The van der Waals surface area contributed by atoms with Gasteiger partial charge in [0, 0.05) is 116 Å². The van der Waals surface area contributed by atoms with Gasteiger partial charge in [-0.25, -0.2) is 19.9 Å². The lowest BCUT2D eigenvalue weighted by Gasteiger charge is -2.46. The van der Waals surface area contributed by atoms with E-state index in [1.807, 2.05) is 47.9 Å². The van der Waals surface area contributed by atoms with Crippen LogP contribution in [0.25, 0.3) is 86.8 Å². The quantitative estimate of drug-likeness (QED) is 0.163. The Morgan fingerprint density at radius 1 is 0.440 bits per heavy atom. The van der Waals surface area contributed by atoms with E-state index >= 15 is 0 Å². The third-order valence-electron chi connectivity index (χ3n) is 22.0. The van der Waals surface area contributed by atoms with Crippen LogP contribution in [0.1, 0.15) is 74.3 Å². The maximum Gasteiger partial charge on any atom is 0.262 e. The van der Waals surface area contributed by atoms with Gasteiger partial charge in [-0.1, -0.05) is 148 Å². The molecule has 0 amide bonds. The number of benzene rings is 8. The van der Waals surface area contributed by atoms with Crippen LogP contribution < -0.4 is 41.9 Å². The molecule has 0 N–H and O–H groups in total. The van der Waals surface area contributed by atoms with Gasteiger partial charge in [0.1, 0.15) is 22.6 Å². The van der Waals surface area contributed by atoms with E-state index in [4.69, 9.17) is 19.9 Å². The van der Waals surface area contributed by atoms with E-state index < -0.39 is 0 Å². The van der Waals surface area contributed by atoms with E-state index in [9.17, 15) is 0 Å². The second kappa shape index (κ2) is 17.1. The fourth-order valence-corrected chi connectivity index (χ4v) is 21.0. The number of hydrogen-bond acceptors (Lipinski definition) is 8. The SMILES string of the molecule is CC1(C)CCC(C)(C)c2cc(C3c4ccccc4B4c5cc6c(cc5N(c5ccccc5)c5c4c3c3c4cccnc4n4c7ncccc7c5c34)N(c3ccccc3)c3c4c(c5c7cccnc7n7c8ncccc8c3c57)Sc3c(sc5ccccc35)B64)ccc21. The van der Waals surface area contributed by atoms with Crippen LogP contribution in [-0.4, -0.2) is 42.2 Å². The molecule has 4 aliphatic heterocycles. The first-order chi connectivity index (χ1) is 44.7. The molecular weight excluding hydrogens is 1150 g/mol. The molecule has 1 unspecified atom stereocenters. The van der Waals surface area contributed by atoms with Crippen molar-refractivity contribution in [3.63, 3.8) is 0 Å². The average Bonchev–Trinajstić information content (AvgIpc) is 1.61. The molecule has 0 radical (unpaired) electrons. The molecule has 0 bridgehead atoms. The number of pyridine rings is 4. The first-order valence-electron chi connectivity index (χ1n) is 31.9. The van der Waals surface area contributed by atoms with Gasteiger partial charge in [0.2, 0.25) is 6.71 Å². The summed E-state index contributed by atoms with van der Waals surface area (Å²) in [5.41, 5.74) is 26.8. The average molecular weight is 1200 g/mol. The summed E-state index contributed by atoms with van der Waals surface area (Å²) in [6, 6.07) is 71.8. The summed E-state index contributed by atoms with van der Waals surface area (Å²) in [6.45, 7) is 9.55. The minimum Gasteiger partial charge on any atom is -0.311 e. The Labute approximate surface area is 532 Å². The molecule has 0 saturated heterocycles. The Kier molecular flexibility index (Phi) is 9.35. The molecule has 5 aliphatic rings. The zero-order valence-corrected chi connectivity index (χ0v) is 51.9. The molecule has 9 aromatic heterocycles. The maximum absolute atomic E-state index is 5.34. The molecule has 22 rings (SSSR count). The molecule has 1 atom stereocenters. The van der Waals surface area contributed by atoms with Crippen LogP contribution in [0.2, 0.25) is 0 Å². The molecular formula is C79H52B2N8S2. The Hall–Kier alpha value is -10.0. The van der Waals surface area contributed by atoms with Crippen molar-refractivity contribution in [2.45, 2.75) is 67.1 Å². The van der Waals surface area contributed by atoms with Crippen LogP contribution in [0.3, 0.4) is 0 Å². The molecule has 17 aromatic rings. The highest BCUT2D eigenvalue weighted by Gasteiger charge is 2.52. The minimum absolute atomic E-state index is 0.00500. The Morgan fingerprint density at radius 2 is 0.956 bits per heavy atom. The van der Waals surface area contributed by atoms with E-state index in [2.05, 4.69) is 234 Å². The zero-order chi connectivity index (χ0) is 59.7. The molecule has 1 aliphatic carbocycles. The molecule has 12 heteroatoms. The van der Waals surface area contributed by atoms with Crippen molar-refractivity contribution in [1.82, 2.24) is 28.7 Å². The highest BCUT2D eigenvalue weighted by atomic mass is 32.2. The number of rotatable bonds is 3. The highest BCUT2D eigenvalue weighted by Crippen LogP contribution is 2.58. The van der Waals surface area contributed by atoms with Crippen LogP contribution in [0.4, 0.5) is 34.1 Å². The van der Waals surface area contributed by atoms with Crippen molar-refractivity contribution in [2.24, 2.45) is 0 Å². The zero-order valence-electron chi connectivity index (χ0n) is 50.2. The summed E-state index contributed by atoms with van der Waals surface area (Å²) in [5, 5.41) is 10.8. The number of hydrogen-bond donors (Lipinski definition) is 0. The monoisotopic (exact) mass is 1200 g/mol. The van der Waals surface area contributed by atoms with Crippen molar-refractivity contribution >= 4 is 190 Å². The Morgan fingerprint density at radius 3 is 1.59 bits per heavy atom. The molecule has 426 valence electrons. The number of anilines is 6. The third kappa shape index (κ3) is 6.03. The Balaban J connectivity index is 0.939. The number of thiophene rings is 1. The molecule has 8 aromatic carbocycles. The van der Waals surface area contributed by atoms with Crippen molar-refractivity contribution in [3.8, 4) is 0 Å². The normalized spacial score (nSPS) is 16.6. The molecule has 0 fully saturated rings. The van der Waals surface area contributed by atoms with E-state index in [-0.39, 0.29) is 30.2 Å². The summed E-state index contributed by atoms with van der Waals surface area (Å²) in [7, 11) is 0. The van der Waals surface area contributed by atoms with Gasteiger partial charge in [0.25, 0.3) is 6.71 Å².